The third-order valence-electron chi connectivity index (χ3n) is 1.70. The molecular formula is C8H13BrN2. The van der Waals surface area contributed by atoms with E-state index in [-0.39, 0.29) is 0 Å². The highest BCUT2D eigenvalue weighted by Crippen LogP contribution is 2.21. The van der Waals surface area contributed by atoms with Crippen LogP contribution in [-0.4, -0.2) is 24.8 Å². The summed E-state index contributed by atoms with van der Waals surface area (Å²) < 4.78 is 1.25. The summed E-state index contributed by atoms with van der Waals surface area (Å²) in [6, 6.07) is 0. The maximum absolute atomic E-state index is 4.20. The van der Waals surface area contributed by atoms with Crippen LogP contribution in [0, 0.1) is 5.92 Å². The summed E-state index contributed by atoms with van der Waals surface area (Å²) in [5.74, 6) is 0.557. The normalized spacial score (nSPS) is 18.5. The van der Waals surface area contributed by atoms with Crippen LogP contribution in [-0.2, 0) is 0 Å². The molecule has 0 aromatic carbocycles. The molecule has 0 saturated heterocycles. The van der Waals surface area contributed by atoms with Gasteiger partial charge in [-0.1, -0.05) is 29.8 Å². The zero-order chi connectivity index (χ0) is 8.43. The first-order valence-corrected chi connectivity index (χ1v) is 4.54. The largest absolute Gasteiger partial charge is 0.295 e. The highest BCUT2D eigenvalue weighted by Gasteiger charge is 2.11. The lowest BCUT2D eigenvalue weighted by Gasteiger charge is -2.20. The Morgan fingerprint density at radius 2 is 2.27 bits per heavy atom. The number of hydrogen-bond donors (Lipinski definition) is 0. The molecule has 0 amide bonds. The molecule has 11 heavy (non-hydrogen) atoms. The molecule has 3 heteroatoms. The highest BCUT2D eigenvalue weighted by molar-refractivity contribution is 9.11. The fraction of sp³-hybridized carbons (Fsp3) is 0.625. The van der Waals surface area contributed by atoms with Gasteiger partial charge in [0.15, 0.2) is 0 Å². The van der Waals surface area contributed by atoms with Gasteiger partial charge >= 0.3 is 0 Å². The molecule has 0 atom stereocenters. The van der Waals surface area contributed by atoms with Crippen molar-refractivity contribution < 1.29 is 0 Å². The first kappa shape index (κ1) is 8.78. The van der Waals surface area contributed by atoms with E-state index >= 15 is 0 Å². The number of halogens is 1. The van der Waals surface area contributed by atoms with Gasteiger partial charge in [0.05, 0.1) is 12.8 Å². The second-order valence-electron chi connectivity index (χ2n) is 3.08. The topological polar surface area (TPSA) is 15.6 Å². The monoisotopic (exact) mass is 216 g/mol. The maximum Gasteiger partial charge on any atom is 0.0676 e. The van der Waals surface area contributed by atoms with Gasteiger partial charge in [0.2, 0.25) is 0 Å². The van der Waals surface area contributed by atoms with Crippen molar-refractivity contribution in [3.8, 4) is 0 Å². The van der Waals surface area contributed by atoms with Crippen LogP contribution in [0.25, 0.3) is 0 Å². The molecule has 0 aromatic rings. The molecule has 1 rings (SSSR count). The maximum atomic E-state index is 4.20. The first-order chi connectivity index (χ1) is 5.11. The van der Waals surface area contributed by atoms with Gasteiger partial charge in [-0.3, -0.25) is 5.01 Å². The minimum atomic E-state index is 0.557. The zero-order valence-corrected chi connectivity index (χ0v) is 8.72. The smallest absolute Gasteiger partial charge is 0.0676 e. The van der Waals surface area contributed by atoms with E-state index in [4.69, 9.17) is 0 Å². The Bertz CT molecular complexity index is 206. The molecule has 62 valence electrons. The third-order valence-corrected chi connectivity index (χ3v) is 2.41. The Morgan fingerprint density at radius 1 is 1.64 bits per heavy atom. The van der Waals surface area contributed by atoms with Gasteiger partial charge in [-0.15, -0.1) is 0 Å². The molecule has 1 aliphatic heterocycles. The molecule has 0 saturated carbocycles. The quantitative estimate of drug-likeness (QED) is 0.657. The zero-order valence-electron chi connectivity index (χ0n) is 7.13. The predicted molar refractivity (Wildman–Crippen MR) is 51.9 cm³/mol. The molecule has 0 aliphatic carbocycles. The number of hydrogen-bond acceptors (Lipinski definition) is 2. The van der Waals surface area contributed by atoms with E-state index in [9.17, 15) is 0 Å². The Morgan fingerprint density at radius 3 is 2.73 bits per heavy atom. The van der Waals surface area contributed by atoms with Gasteiger partial charge in [-0.25, -0.2) is 0 Å². The fourth-order valence-corrected chi connectivity index (χ4v) is 1.95. The molecule has 0 radical (unpaired) electrons. The van der Waals surface area contributed by atoms with Gasteiger partial charge < -0.3 is 0 Å². The van der Waals surface area contributed by atoms with Gasteiger partial charge in [-0.05, 0) is 11.5 Å². The second-order valence-corrected chi connectivity index (χ2v) is 4.03. The Labute approximate surface area is 76.1 Å². The van der Waals surface area contributed by atoms with Crippen LogP contribution in [0.4, 0.5) is 0 Å². The predicted octanol–water partition coefficient (Wildman–Crippen LogP) is 2.22. The van der Waals surface area contributed by atoms with Crippen molar-refractivity contribution in [3.63, 3.8) is 0 Å². The van der Waals surface area contributed by atoms with Crippen molar-refractivity contribution >= 4 is 22.1 Å². The van der Waals surface area contributed by atoms with Crippen molar-refractivity contribution in [2.24, 2.45) is 11.0 Å². The van der Waals surface area contributed by atoms with Gasteiger partial charge in [-0.2, -0.15) is 5.10 Å². The van der Waals surface area contributed by atoms with Crippen molar-refractivity contribution in [1.82, 2.24) is 5.01 Å². The molecule has 1 heterocycles. The third kappa shape index (κ3) is 2.06. The van der Waals surface area contributed by atoms with Crippen molar-refractivity contribution in [2.75, 3.05) is 13.6 Å². The van der Waals surface area contributed by atoms with E-state index in [0.717, 1.165) is 6.54 Å². The molecule has 2 nitrogen and oxygen atoms in total. The summed E-state index contributed by atoms with van der Waals surface area (Å²) in [5.41, 5.74) is 1.31. The summed E-state index contributed by atoms with van der Waals surface area (Å²) >= 11 is 3.54. The molecular weight excluding hydrogens is 204 g/mol. The van der Waals surface area contributed by atoms with Crippen molar-refractivity contribution in [1.29, 1.82) is 0 Å². The molecule has 0 bridgehead atoms. The van der Waals surface area contributed by atoms with Crippen LogP contribution in [0.5, 0.6) is 0 Å². The molecule has 0 aromatic heterocycles. The minimum absolute atomic E-state index is 0.557. The standard InChI is InChI=1S/C8H13BrN2/c1-6(2)7-4-10-11(3)5-8(7)9/h4,6H,5H2,1-3H3. The van der Waals surface area contributed by atoms with Crippen LogP contribution in [0.15, 0.2) is 15.2 Å². The summed E-state index contributed by atoms with van der Waals surface area (Å²) in [6.07, 6.45) is 1.93. The number of allylic oxidation sites excluding steroid dienone is 1. The lowest BCUT2D eigenvalue weighted by molar-refractivity contribution is 0.387. The molecule has 0 fully saturated rings. The van der Waals surface area contributed by atoms with E-state index < -0.39 is 0 Å². The second kappa shape index (κ2) is 3.39. The fourth-order valence-electron chi connectivity index (χ4n) is 1.03. The molecule has 0 spiro atoms. The number of rotatable bonds is 1. The van der Waals surface area contributed by atoms with E-state index in [0.29, 0.717) is 5.92 Å². The first-order valence-electron chi connectivity index (χ1n) is 3.75. The van der Waals surface area contributed by atoms with Crippen LogP contribution < -0.4 is 0 Å². The lowest BCUT2D eigenvalue weighted by atomic mass is 10.0. The van der Waals surface area contributed by atoms with Crippen LogP contribution >= 0.6 is 15.9 Å². The Balaban J connectivity index is 2.80. The Hall–Kier alpha value is -0.310. The highest BCUT2D eigenvalue weighted by atomic mass is 79.9. The molecule has 1 aliphatic rings. The van der Waals surface area contributed by atoms with E-state index in [1.165, 1.54) is 10.1 Å². The van der Waals surface area contributed by atoms with Crippen molar-refractivity contribution in [3.05, 3.63) is 10.1 Å². The molecule has 0 N–H and O–H groups in total. The summed E-state index contributed by atoms with van der Waals surface area (Å²) in [6.45, 7) is 5.24. The summed E-state index contributed by atoms with van der Waals surface area (Å²) in [4.78, 5) is 0. The average Bonchev–Trinajstić information content (AvgIpc) is 1.85. The average molecular weight is 217 g/mol. The summed E-state index contributed by atoms with van der Waals surface area (Å²) in [5, 5.41) is 6.12. The van der Waals surface area contributed by atoms with E-state index in [1.54, 1.807) is 0 Å². The Kier molecular flexibility index (Phi) is 2.71. The van der Waals surface area contributed by atoms with Crippen LogP contribution in [0.3, 0.4) is 0 Å². The van der Waals surface area contributed by atoms with E-state index in [1.807, 2.05) is 18.3 Å². The number of nitrogens with zero attached hydrogens (tertiary/aromatic N) is 2. The molecule has 0 unspecified atom stereocenters. The SMILES string of the molecule is CC(C)C1=C(Br)CN(C)N=C1. The summed E-state index contributed by atoms with van der Waals surface area (Å²) in [7, 11) is 1.97. The van der Waals surface area contributed by atoms with Gasteiger partial charge in [0, 0.05) is 11.5 Å². The van der Waals surface area contributed by atoms with Crippen molar-refractivity contribution in [2.45, 2.75) is 13.8 Å². The van der Waals surface area contributed by atoms with E-state index in [2.05, 4.69) is 34.9 Å². The minimum Gasteiger partial charge on any atom is -0.295 e. The number of hydrazone groups is 1. The van der Waals surface area contributed by atoms with Gasteiger partial charge in [0.25, 0.3) is 0 Å². The van der Waals surface area contributed by atoms with Crippen LogP contribution in [0.1, 0.15) is 13.8 Å². The van der Waals surface area contributed by atoms with Gasteiger partial charge in [0.1, 0.15) is 0 Å². The van der Waals surface area contributed by atoms with Crippen LogP contribution in [0.2, 0.25) is 0 Å². The number of likely N-dealkylation sites (N-methyl/N-ethyl adjacent to an activating group) is 1. The lowest BCUT2D eigenvalue weighted by Crippen LogP contribution is -2.20.